The monoisotopic (exact) mass is 315 g/mol. The van der Waals surface area contributed by atoms with Gasteiger partial charge in [0.15, 0.2) is 0 Å². The van der Waals surface area contributed by atoms with Crippen LogP contribution in [0.4, 0.5) is 4.39 Å². The number of benzene rings is 1. The summed E-state index contributed by atoms with van der Waals surface area (Å²) in [7, 11) is 0. The van der Waals surface area contributed by atoms with E-state index in [4.69, 9.17) is 4.74 Å². The molecule has 1 amide bonds. The minimum absolute atomic E-state index is 0.169. The number of amides is 1. The van der Waals surface area contributed by atoms with Crippen molar-refractivity contribution in [1.29, 1.82) is 0 Å². The van der Waals surface area contributed by atoms with Crippen molar-refractivity contribution in [2.45, 2.75) is 19.4 Å². The van der Waals surface area contributed by atoms with Crippen LogP contribution in [0.15, 0.2) is 22.7 Å². The highest BCUT2D eigenvalue weighted by Crippen LogP contribution is 2.23. The minimum Gasteiger partial charge on any atom is -0.372 e. The number of hydrogen-bond acceptors (Lipinski definition) is 2. The maximum absolute atomic E-state index is 13.2. The van der Waals surface area contributed by atoms with E-state index in [1.54, 1.807) is 11.0 Å². The zero-order valence-electron chi connectivity index (χ0n) is 10.4. The number of hydrogen-bond donors (Lipinski definition) is 0. The summed E-state index contributed by atoms with van der Waals surface area (Å²) in [6.07, 6.45) is 0. The van der Waals surface area contributed by atoms with Gasteiger partial charge in [-0.15, -0.1) is 0 Å². The lowest BCUT2D eigenvalue weighted by Gasteiger charge is -2.38. The van der Waals surface area contributed by atoms with Crippen molar-refractivity contribution in [3.8, 4) is 0 Å². The number of halogens is 2. The average molecular weight is 316 g/mol. The molecule has 0 spiro atoms. The number of carbonyl (C=O) groups is 1. The lowest BCUT2D eigenvalue weighted by Crippen LogP contribution is -2.50. The Morgan fingerprint density at radius 2 is 2.22 bits per heavy atom. The van der Waals surface area contributed by atoms with Crippen LogP contribution in [-0.4, -0.2) is 36.1 Å². The third-order valence-electron chi connectivity index (χ3n) is 2.87. The SMILES string of the molecule is CC1(C)CN(C(=O)c2cc(F)ccc2Br)CCO1. The Balaban J connectivity index is 2.23. The van der Waals surface area contributed by atoms with E-state index >= 15 is 0 Å². The molecule has 1 saturated heterocycles. The van der Waals surface area contributed by atoms with Crippen LogP contribution in [0, 0.1) is 5.82 Å². The highest BCUT2D eigenvalue weighted by atomic mass is 79.9. The first-order chi connectivity index (χ1) is 8.39. The second-order valence-electron chi connectivity index (χ2n) is 4.96. The standard InChI is InChI=1S/C13H15BrFNO2/c1-13(2)8-16(5-6-18-13)12(17)10-7-9(15)3-4-11(10)14/h3-4,7H,5-6,8H2,1-2H3. The van der Waals surface area contributed by atoms with Gasteiger partial charge in [0.05, 0.1) is 17.8 Å². The molecule has 1 aliphatic heterocycles. The summed E-state index contributed by atoms with van der Waals surface area (Å²) >= 11 is 3.28. The topological polar surface area (TPSA) is 29.5 Å². The van der Waals surface area contributed by atoms with E-state index in [2.05, 4.69) is 15.9 Å². The molecule has 3 nitrogen and oxygen atoms in total. The largest absolute Gasteiger partial charge is 0.372 e. The fraction of sp³-hybridized carbons (Fsp3) is 0.462. The van der Waals surface area contributed by atoms with Crippen LogP contribution in [0.3, 0.4) is 0 Å². The van der Waals surface area contributed by atoms with Gasteiger partial charge in [-0.1, -0.05) is 0 Å². The van der Waals surface area contributed by atoms with Crippen molar-refractivity contribution in [3.05, 3.63) is 34.1 Å². The van der Waals surface area contributed by atoms with Crippen molar-refractivity contribution < 1.29 is 13.9 Å². The molecule has 98 valence electrons. The zero-order chi connectivity index (χ0) is 13.3. The van der Waals surface area contributed by atoms with E-state index < -0.39 is 5.82 Å². The third-order valence-corrected chi connectivity index (χ3v) is 3.56. The molecule has 1 aromatic carbocycles. The van der Waals surface area contributed by atoms with E-state index in [0.717, 1.165) is 0 Å². The van der Waals surface area contributed by atoms with E-state index in [9.17, 15) is 9.18 Å². The molecular weight excluding hydrogens is 301 g/mol. The third kappa shape index (κ3) is 2.90. The number of nitrogens with zero attached hydrogens (tertiary/aromatic N) is 1. The molecule has 1 heterocycles. The smallest absolute Gasteiger partial charge is 0.255 e. The van der Waals surface area contributed by atoms with Gasteiger partial charge in [-0.05, 0) is 48.0 Å². The average Bonchev–Trinajstić information content (AvgIpc) is 2.30. The van der Waals surface area contributed by atoms with Crippen molar-refractivity contribution in [2.24, 2.45) is 0 Å². The molecule has 1 aliphatic rings. The maximum Gasteiger partial charge on any atom is 0.255 e. The highest BCUT2D eigenvalue weighted by molar-refractivity contribution is 9.10. The highest BCUT2D eigenvalue weighted by Gasteiger charge is 2.31. The lowest BCUT2D eigenvalue weighted by atomic mass is 10.1. The lowest BCUT2D eigenvalue weighted by molar-refractivity contribution is -0.0764. The number of ether oxygens (including phenoxy) is 1. The zero-order valence-corrected chi connectivity index (χ0v) is 12.0. The quantitative estimate of drug-likeness (QED) is 0.797. The van der Waals surface area contributed by atoms with Crippen LogP contribution in [0.5, 0.6) is 0 Å². The van der Waals surface area contributed by atoms with Gasteiger partial charge < -0.3 is 9.64 Å². The number of morpholine rings is 1. The maximum atomic E-state index is 13.2. The Kier molecular flexibility index (Phi) is 3.73. The first kappa shape index (κ1) is 13.5. The summed E-state index contributed by atoms with van der Waals surface area (Å²) in [5.41, 5.74) is 0.000891. The van der Waals surface area contributed by atoms with Gasteiger partial charge in [-0.2, -0.15) is 0 Å². The first-order valence-electron chi connectivity index (χ1n) is 5.77. The molecule has 0 unspecified atom stereocenters. The molecule has 0 aliphatic carbocycles. The van der Waals surface area contributed by atoms with Gasteiger partial charge in [0.2, 0.25) is 0 Å². The van der Waals surface area contributed by atoms with E-state index in [-0.39, 0.29) is 11.5 Å². The van der Waals surface area contributed by atoms with Crippen molar-refractivity contribution >= 4 is 21.8 Å². The van der Waals surface area contributed by atoms with Crippen molar-refractivity contribution in [3.63, 3.8) is 0 Å². The summed E-state index contributed by atoms with van der Waals surface area (Å²) < 4.78 is 19.4. The predicted molar refractivity (Wildman–Crippen MR) is 70.0 cm³/mol. The normalized spacial score (nSPS) is 18.8. The van der Waals surface area contributed by atoms with Gasteiger partial charge in [0.25, 0.3) is 5.91 Å². The van der Waals surface area contributed by atoms with Crippen molar-refractivity contribution in [2.75, 3.05) is 19.7 Å². The van der Waals surface area contributed by atoms with Gasteiger partial charge >= 0.3 is 0 Å². The predicted octanol–water partition coefficient (Wildman–Crippen LogP) is 2.84. The first-order valence-corrected chi connectivity index (χ1v) is 6.57. The fourth-order valence-corrected chi connectivity index (χ4v) is 2.44. The summed E-state index contributed by atoms with van der Waals surface area (Å²) in [6.45, 7) is 5.42. The van der Waals surface area contributed by atoms with E-state index in [1.807, 2.05) is 13.8 Å². The van der Waals surface area contributed by atoms with Gasteiger partial charge in [-0.25, -0.2) is 4.39 Å². The summed E-state index contributed by atoms with van der Waals surface area (Å²) in [4.78, 5) is 14.0. The molecule has 0 saturated carbocycles. The second kappa shape index (κ2) is 4.97. The van der Waals surface area contributed by atoms with E-state index in [1.165, 1.54) is 12.1 Å². The minimum atomic E-state index is -0.408. The Bertz CT molecular complexity index is 476. The van der Waals surface area contributed by atoms with Crippen LogP contribution < -0.4 is 0 Å². The van der Waals surface area contributed by atoms with Crippen LogP contribution in [0.2, 0.25) is 0 Å². The Morgan fingerprint density at radius 3 is 2.89 bits per heavy atom. The second-order valence-corrected chi connectivity index (χ2v) is 5.81. The molecule has 0 radical (unpaired) electrons. The van der Waals surface area contributed by atoms with Crippen molar-refractivity contribution in [1.82, 2.24) is 4.90 Å². The Hall–Kier alpha value is -0.940. The van der Waals surface area contributed by atoms with Gasteiger partial charge in [0, 0.05) is 17.6 Å². The van der Waals surface area contributed by atoms with Crippen LogP contribution >= 0.6 is 15.9 Å². The molecule has 18 heavy (non-hydrogen) atoms. The summed E-state index contributed by atoms with van der Waals surface area (Å²) in [5.74, 6) is -0.577. The summed E-state index contributed by atoms with van der Waals surface area (Å²) in [6, 6.07) is 4.13. The molecule has 1 fully saturated rings. The Morgan fingerprint density at radius 1 is 1.50 bits per heavy atom. The molecular formula is C13H15BrFNO2. The fourth-order valence-electron chi connectivity index (χ4n) is 2.02. The molecule has 5 heteroatoms. The molecule has 0 N–H and O–H groups in total. The number of rotatable bonds is 1. The molecule has 0 aromatic heterocycles. The molecule has 0 atom stereocenters. The Labute approximate surface area is 114 Å². The van der Waals surface area contributed by atoms with Gasteiger partial charge in [-0.3, -0.25) is 4.79 Å². The van der Waals surface area contributed by atoms with Crippen LogP contribution in [-0.2, 0) is 4.74 Å². The van der Waals surface area contributed by atoms with Crippen LogP contribution in [0.1, 0.15) is 24.2 Å². The van der Waals surface area contributed by atoms with E-state index in [0.29, 0.717) is 29.7 Å². The number of carbonyl (C=O) groups excluding carboxylic acids is 1. The molecule has 0 bridgehead atoms. The summed E-state index contributed by atoms with van der Waals surface area (Å²) in [5, 5.41) is 0. The molecule has 1 aromatic rings. The molecule has 2 rings (SSSR count). The van der Waals surface area contributed by atoms with Gasteiger partial charge in [0.1, 0.15) is 5.82 Å². The van der Waals surface area contributed by atoms with Crippen LogP contribution in [0.25, 0.3) is 0 Å².